The number of rotatable bonds is 2. The smallest absolute Gasteiger partial charge is 0.119 e. The van der Waals surface area contributed by atoms with Crippen LogP contribution in [0.15, 0.2) is 12.7 Å². The summed E-state index contributed by atoms with van der Waals surface area (Å²) in [6.07, 6.45) is 4.85. The van der Waals surface area contributed by atoms with Crippen LogP contribution in [-0.2, 0) is 0 Å². The SMILES string of the molecule is CC(C)N1CCC(n2cnnc2)C1. The van der Waals surface area contributed by atoms with E-state index < -0.39 is 0 Å². The molecular weight excluding hydrogens is 164 g/mol. The van der Waals surface area contributed by atoms with Crippen molar-refractivity contribution in [3.63, 3.8) is 0 Å². The van der Waals surface area contributed by atoms with Crippen LogP contribution in [0, 0.1) is 0 Å². The van der Waals surface area contributed by atoms with Gasteiger partial charge in [-0.2, -0.15) is 0 Å². The molecule has 0 spiro atoms. The van der Waals surface area contributed by atoms with Gasteiger partial charge in [0.05, 0.1) is 0 Å². The van der Waals surface area contributed by atoms with E-state index in [9.17, 15) is 0 Å². The van der Waals surface area contributed by atoms with Crippen LogP contribution < -0.4 is 0 Å². The summed E-state index contributed by atoms with van der Waals surface area (Å²) in [6, 6.07) is 1.24. The third kappa shape index (κ3) is 1.72. The highest BCUT2D eigenvalue weighted by Gasteiger charge is 2.24. The summed E-state index contributed by atoms with van der Waals surface area (Å²) in [5.41, 5.74) is 0. The Morgan fingerprint density at radius 2 is 2.00 bits per heavy atom. The van der Waals surface area contributed by atoms with Crippen molar-refractivity contribution in [1.29, 1.82) is 0 Å². The van der Waals surface area contributed by atoms with Crippen LogP contribution >= 0.6 is 0 Å². The van der Waals surface area contributed by atoms with Crippen molar-refractivity contribution in [2.45, 2.75) is 32.4 Å². The Labute approximate surface area is 78.6 Å². The average Bonchev–Trinajstić information content (AvgIpc) is 2.75. The van der Waals surface area contributed by atoms with E-state index >= 15 is 0 Å². The average molecular weight is 180 g/mol. The summed E-state index contributed by atoms with van der Waals surface area (Å²) in [7, 11) is 0. The van der Waals surface area contributed by atoms with Gasteiger partial charge in [-0.15, -0.1) is 10.2 Å². The van der Waals surface area contributed by atoms with Gasteiger partial charge in [-0.05, 0) is 20.3 Å². The third-order valence-corrected chi connectivity index (χ3v) is 2.78. The Kier molecular flexibility index (Phi) is 2.31. The normalized spacial score (nSPS) is 24.4. The molecule has 0 N–H and O–H groups in total. The first-order valence-corrected chi connectivity index (χ1v) is 4.85. The van der Waals surface area contributed by atoms with Gasteiger partial charge in [-0.3, -0.25) is 4.90 Å². The van der Waals surface area contributed by atoms with Crippen molar-refractivity contribution in [2.75, 3.05) is 13.1 Å². The molecular formula is C9H16N4. The predicted molar refractivity (Wildman–Crippen MR) is 50.4 cm³/mol. The molecule has 72 valence electrons. The fourth-order valence-electron chi connectivity index (χ4n) is 1.88. The first kappa shape index (κ1) is 8.69. The zero-order valence-corrected chi connectivity index (χ0v) is 8.22. The molecule has 0 aromatic carbocycles. The zero-order chi connectivity index (χ0) is 9.26. The Morgan fingerprint density at radius 3 is 2.54 bits per heavy atom. The molecule has 1 aromatic heterocycles. The van der Waals surface area contributed by atoms with Crippen LogP contribution in [0.5, 0.6) is 0 Å². The number of likely N-dealkylation sites (tertiary alicyclic amines) is 1. The van der Waals surface area contributed by atoms with Gasteiger partial charge < -0.3 is 4.57 Å². The Morgan fingerprint density at radius 1 is 1.31 bits per heavy atom. The molecule has 1 saturated heterocycles. The van der Waals surface area contributed by atoms with Gasteiger partial charge in [0, 0.05) is 25.2 Å². The maximum Gasteiger partial charge on any atom is 0.119 e. The van der Waals surface area contributed by atoms with E-state index in [1.807, 2.05) is 12.7 Å². The van der Waals surface area contributed by atoms with Crippen molar-refractivity contribution in [1.82, 2.24) is 19.7 Å². The fraction of sp³-hybridized carbons (Fsp3) is 0.778. The predicted octanol–water partition coefficient (Wildman–Crippen LogP) is 0.933. The van der Waals surface area contributed by atoms with Crippen LogP contribution in [0.4, 0.5) is 0 Å². The molecule has 1 aliphatic heterocycles. The van der Waals surface area contributed by atoms with Crippen LogP contribution in [0.2, 0.25) is 0 Å². The minimum absolute atomic E-state index is 0.581. The van der Waals surface area contributed by atoms with Crippen molar-refractivity contribution >= 4 is 0 Å². The summed E-state index contributed by atoms with van der Waals surface area (Å²) >= 11 is 0. The lowest BCUT2D eigenvalue weighted by molar-refractivity contribution is 0.265. The molecule has 4 nitrogen and oxygen atoms in total. The molecule has 0 aliphatic carbocycles. The van der Waals surface area contributed by atoms with Crippen molar-refractivity contribution in [2.24, 2.45) is 0 Å². The van der Waals surface area contributed by atoms with Gasteiger partial charge in [0.2, 0.25) is 0 Å². The lowest BCUT2D eigenvalue weighted by Gasteiger charge is -2.20. The van der Waals surface area contributed by atoms with Crippen molar-refractivity contribution in [3.8, 4) is 0 Å². The molecule has 4 heteroatoms. The maximum absolute atomic E-state index is 3.83. The van der Waals surface area contributed by atoms with Gasteiger partial charge in [0.1, 0.15) is 12.7 Å². The lowest BCUT2D eigenvalue weighted by Crippen LogP contribution is -2.28. The van der Waals surface area contributed by atoms with Gasteiger partial charge >= 0.3 is 0 Å². The van der Waals surface area contributed by atoms with Gasteiger partial charge in [0.25, 0.3) is 0 Å². The van der Waals surface area contributed by atoms with E-state index in [1.165, 1.54) is 13.0 Å². The molecule has 1 aliphatic rings. The second-order valence-electron chi connectivity index (χ2n) is 3.94. The second-order valence-corrected chi connectivity index (χ2v) is 3.94. The molecule has 0 saturated carbocycles. The molecule has 2 heterocycles. The van der Waals surface area contributed by atoms with E-state index in [0.717, 1.165) is 6.54 Å². The van der Waals surface area contributed by atoms with E-state index in [2.05, 4.69) is 33.5 Å². The van der Waals surface area contributed by atoms with E-state index in [0.29, 0.717) is 12.1 Å². The molecule has 0 amide bonds. The number of aromatic nitrogens is 3. The molecule has 13 heavy (non-hydrogen) atoms. The second kappa shape index (κ2) is 3.46. The van der Waals surface area contributed by atoms with Crippen LogP contribution in [0.3, 0.4) is 0 Å². The molecule has 1 atom stereocenters. The van der Waals surface area contributed by atoms with Crippen LogP contribution in [-0.4, -0.2) is 38.8 Å². The fourth-order valence-corrected chi connectivity index (χ4v) is 1.88. The van der Waals surface area contributed by atoms with E-state index in [1.54, 1.807) is 0 Å². The lowest BCUT2D eigenvalue weighted by atomic mass is 10.3. The summed E-state index contributed by atoms with van der Waals surface area (Å²) in [5, 5.41) is 7.66. The van der Waals surface area contributed by atoms with Gasteiger partial charge in [-0.25, -0.2) is 0 Å². The highest BCUT2D eigenvalue weighted by Crippen LogP contribution is 2.22. The number of hydrogen-bond donors (Lipinski definition) is 0. The Bertz CT molecular complexity index is 255. The first-order chi connectivity index (χ1) is 6.27. The van der Waals surface area contributed by atoms with E-state index in [4.69, 9.17) is 0 Å². The standard InChI is InChI=1S/C9H16N4/c1-8(2)12-4-3-9(5-12)13-6-10-11-7-13/h6-9H,3-5H2,1-2H3. The third-order valence-electron chi connectivity index (χ3n) is 2.78. The molecule has 2 rings (SSSR count). The van der Waals surface area contributed by atoms with E-state index in [-0.39, 0.29) is 0 Å². The van der Waals surface area contributed by atoms with Gasteiger partial charge in [0.15, 0.2) is 0 Å². The molecule has 0 bridgehead atoms. The molecule has 0 radical (unpaired) electrons. The first-order valence-electron chi connectivity index (χ1n) is 4.85. The molecule has 1 fully saturated rings. The topological polar surface area (TPSA) is 34.0 Å². The van der Waals surface area contributed by atoms with Gasteiger partial charge in [-0.1, -0.05) is 0 Å². The quantitative estimate of drug-likeness (QED) is 0.679. The maximum atomic E-state index is 3.83. The minimum Gasteiger partial charge on any atom is -0.316 e. The van der Waals surface area contributed by atoms with Crippen LogP contribution in [0.1, 0.15) is 26.3 Å². The van der Waals surface area contributed by atoms with Crippen molar-refractivity contribution in [3.05, 3.63) is 12.7 Å². The summed E-state index contributed by atoms with van der Waals surface area (Å²) < 4.78 is 2.11. The Hall–Kier alpha value is -0.900. The number of nitrogens with zero attached hydrogens (tertiary/aromatic N) is 4. The summed E-state index contributed by atoms with van der Waals surface area (Å²) in [5.74, 6) is 0. The summed E-state index contributed by atoms with van der Waals surface area (Å²) in [4.78, 5) is 2.49. The highest BCUT2D eigenvalue weighted by atomic mass is 15.3. The molecule has 1 unspecified atom stereocenters. The largest absolute Gasteiger partial charge is 0.316 e. The minimum atomic E-state index is 0.581. The van der Waals surface area contributed by atoms with Crippen LogP contribution in [0.25, 0.3) is 0 Å². The summed E-state index contributed by atoms with van der Waals surface area (Å²) in [6.45, 7) is 6.82. The molecule has 1 aromatic rings. The monoisotopic (exact) mass is 180 g/mol. The van der Waals surface area contributed by atoms with Crippen molar-refractivity contribution < 1.29 is 0 Å². The highest BCUT2D eigenvalue weighted by molar-refractivity contribution is 4.83. The zero-order valence-electron chi connectivity index (χ0n) is 8.22. The number of hydrogen-bond acceptors (Lipinski definition) is 3. The Balaban J connectivity index is 1.99.